The van der Waals surface area contributed by atoms with Gasteiger partial charge in [-0.3, -0.25) is 0 Å². The lowest BCUT2D eigenvalue weighted by Gasteiger charge is -2.03. The van der Waals surface area contributed by atoms with Gasteiger partial charge in [-0.05, 0) is 29.8 Å². The first-order valence-corrected chi connectivity index (χ1v) is 6.51. The van der Waals surface area contributed by atoms with E-state index in [9.17, 15) is 0 Å². The summed E-state index contributed by atoms with van der Waals surface area (Å²) in [6.07, 6.45) is 3.46. The van der Waals surface area contributed by atoms with Crippen LogP contribution in [0.15, 0.2) is 41.7 Å². The summed E-state index contributed by atoms with van der Waals surface area (Å²) in [5, 5.41) is 4.65. The van der Waals surface area contributed by atoms with Gasteiger partial charge in [0, 0.05) is 25.2 Å². The third-order valence-corrected chi connectivity index (χ3v) is 3.41. The Hall–Kier alpha value is -1.26. The van der Waals surface area contributed by atoms with Crippen LogP contribution in [0.2, 0.25) is 5.02 Å². The first kappa shape index (κ1) is 12.2. The highest BCUT2D eigenvalue weighted by Crippen LogP contribution is 2.22. The predicted octanol–water partition coefficient (Wildman–Crippen LogP) is 3.46. The van der Waals surface area contributed by atoms with Crippen molar-refractivity contribution in [2.45, 2.75) is 10.8 Å². The smallest absolute Gasteiger partial charge is 0.125 e. The number of anilines is 1. The number of rotatable bonds is 4. The fourth-order valence-corrected chi connectivity index (χ4v) is 2.20. The second kappa shape index (κ2) is 5.89. The first-order valence-electron chi connectivity index (χ1n) is 5.15. The van der Waals surface area contributed by atoms with Crippen LogP contribution in [-0.2, 0) is 5.75 Å². The Morgan fingerprint density at radius 3 is 2.88 bits per heavy atom. The zero-order valence-corrected chi connectivity index (χ0v) is 10.9. The molecule has 1 N–H and O–H groups in total. The van der Waals surface area contributed by atoms with Crippen molar-refractivity contribution in [3.05, 3.63) is 47.2 Å². The maximum Gasteiger partial charge on any atom is 0.125 e. The minimum Gasteiger partial charge on any atom is -0.373 e. The van der Waals surface area contributed by atoms with E-state index in [4.69, 9.17) is 11.6 Å². The number of thioether (sulfide) groups is 1. The minimum atomic E-state index is 0.663. The van der Waals surface area contributed by atoms with Crippen molar-refractivity contribution < 1.29 is 0 Å². The van der Waals surface area contributed by atoms with E-state index in [2.05, 4.69) is 15.3 Å². The van der Waals surface area contributed by atoms with Crippen LogP contribution in [-0.4, -0.2) is 17.0 Å². The number of halogens is 1. The Kier molecular flexibility index (Phi) is 4.23. The molecule has 5 heteroatoms. The van der Waals surface area contributed by atoms with Crippen molar-refractivity contribution >= 4 is 29.2 Å². The third kappa shape index (κ3) is 3.61. The van der Waals surface area contributed by atoms with Crippen molar-refractivity contribution in [1.29, 1.82) is 0 Å². The largest absolute Gasteiger partial charge is 0.373 e. The van der Waals surface area contributed by atoms with Crippen molar-refractivity contribution in [3.8, 4) is 0 Å². The summed E-state index contributed by atoms with van der Waals surface area (Å²) < 4.78 is 0. The van der Waals surface area contributed by atoms with Crippen molar-refractivity contribution in [2.75, 3.05) is 12.4 Å². The van der Waals surface area contributed by atoms with E-state index >= 15 is 0 Å². The molecule has 0 amide bonds. The summed E-state index contributed by atoms with van der Waals surface area (Å²) >= 11 is 7.46. The van der Waals surface area contributed by atoms with Gasteiger partial charge in [-0.15, -0.1) is 11.8 Å². The number of hydrogen-bond acceptors (Lipinski definition) is 4. The summed E-state index contributed by atoms with van der Waals surface area (Å²) in [5.41, 5.74) is 1.21. The lowest BCUT2D eigenvalue weighted by atomic mass is 10.3. The molecule has 2 aromatic rings. The summed E-state index contributed by atoms with van der Waals surface area (Å²) in [6, 6.07) is 7.81. The summed E-state index contributed by atoms with van der Waals surface area (Å²) in [4.78, 5) is 8.41. The van der Waals surface area contributed by atoms with Gasteiger partial charge in [0.1, 0.15) is 5.82 Å². The van der Waals surface area contributed by atoms with E-state index in [-0.39, 0.29) is 0 Å². The maximum atomic E-state index is 5.78. The van der Waals surface area contributed by atoms with Crippen LogP contribution in [0.1, 0.15) is 5.56 Å². The fraction of sp³-hybridized carbons (Fsp3) is 0.167. The quantitative estimate of drug-likeness (QED) is 0.859. The van der Waals surface area contributed by atoms with Crippen LogP contribution >= 0.6 is 23.4 Å². The van der Waals surface area contributed by atoms with Gasteiger partial charge >= 0.3 is 0 Å². The molecule has 17 heavy (non-hydrogen) atoms. The molecule has 0 atom stereocenters. The lowest BCUT2D eigenvalue weighted by molar-refractivity contribution is 1.13. The third-order valence-electron chi connectivity index (χ3n) is 2.17. The highest BCUT2D eigenvalue weighted by atomic mass is 35.5. The van der Waals surface area contributed by atoms with E-state index in [1.54, 1.807) is 24.2 Å². The summed E-state index contributed by atoms with van der Waals surface area (Å²) in [7, 11) is 1.86. The molecule has 88 valence electrons. The Labute approximate surface area is 110 Å². The topological polar surface area (TPSA) is 37.8 Å². The Bertz CT molecular complexity index is 487. The van der Waals surface area contributed by atoms with Gasteiger partial charge in [0.15, 0.2) is 0 Å². The molecule has 0 aliphatic rings. The molecule has 3 nitrogen and oxygen atoms in total. The van der Waals surface area contributed by atoms with Gasteiger partial charge in [-0.25, -0.2) is 9.97 Å². The Morgan fingerprint density at radius 2 is 2.18 bits per heavy atom. The van der Waals surface area contributed by atoms with Gasteiger partial charge in [0.2, 0.25) is 0 Å². The van der Waals surface area contributed by atoms with Gasteiger partial charge in [-0.1, -0.05) is 11.6 Å². The van der Waals surface area contributed by atoms with E-state index in [0.717, 1.165) is 16.6 Å². The molecule has 0 aromatic carbocycles. The fourth-order valence-electron chi connectivity index (χ4n) is 1.31. The van der Waals surface area contributed by atoms with Crippen molar-refractivity contribution in [2.24, 2.45) is 0 Å². The second-order valence-corrected chi connectivity index (χ2v) is 4.83. The predicted molar refractivity (Wildman–Crippen MR) is 72.6 cm³/mol. The minimum absolute atomic E-state index is 0.663. The summed E-state index contributed by atoms with van der Waals surface area (Å²) in [5.74, 6) is 1.75. The molecule has 2 aromatic heterocycles. The van der Waals surface area contributed by atoms with Crippen LogP contribution in [0.25, 0.3) is 0 Å². The molecular weight excluding hydrogens is 254 g/mol. The number of aromatic nitrogens is 2. The molecular formula is C12H12ClN3S. The molecule has 0 unspecified atom stereocenters. The molecule has 0 aliphatic carbocycles. The van der Waals surface area contributed by atoms with Gasteiger partial charge in [0.05, 0.1) is 10.0 Å². The molecule has 0 saturated heterocycles. The monoisotopic (exact) mass is 265 g/mol. The van der Waals surface area contributed by atoms with Crippen LogP contribution in [0.5, 0.6) is 0 Å². The van der Waals surface area contributed by atoms with Crippen LogP contribution in [0.4, 0.5) is 5.82 Å². The Morgan fingerprint density at radius 1 is 1.29 bits per heavy atom. The zero-order chi connectivity index (χ0) is 12.1. The molecule has 0 fully saturated rings. The number of hydrogen-bond donors (Lipinski definition) is 1. The molecule has 0 bridgehead atoms. The SMILES string of the molecule is CNc1cc(CSc2ccc(Cl)cn2)ccn1. The Balaban J connectivity index is 1.99. The zero-order valence-electron chi connectivity index (χ0n) is 9.35. The van der Waals surface area contributed by atoms with Crippen molar-refractivity contribution in [3.63, 3.8) is 0 Å². The van der Waals surface area contributed by atoms with Crippen molar-refractivity contribution in [1.82, 2.24) is 9.97 Å². The van der Waals surface area contributed by atoms with E-state index < -0.39 is 0 Å². The van der Waals surface area contributed by atoms with Crippen LogP contribution < -0.4 is 5.32 Å². The average Bonchev–Trinajstić information content (AvgIpc) is 2.38. The molecule has 2 rings (SSSR count). The average molecular weight is 266 g/mol. The number of nitrogens with zero attached hydrogens (tertiary/aromatic N) is 2. The first-order chi connectivity index (χ1) is 8.28. The highest BCUT2D eigenvalue weighted by Gasteiger charge is 1.99. The molecule has 2 heterocycles. The normalized spacial score (nSPS) is 10.2. The van der Waals surface area contributed by atoms with Crippen LogP contribution in [0, 0.1) is 0 Å². The van der Waals surface area contributed by atoms with Gasteiger partial charge < -0.3 is 5.32 Å². The van der Waals surface area contributed by atoms with Crippen LogP contribution in [0.3, 0.4) is 0 Å². The molecule has 0 aliphatic heterocycles. The summed E-state index contributed by atoms with van der Waals surface area (Å²) in [6.45, 7) is 0. The van der Waals surface area contributed by atoms with Gasteiger partial charge in [-0.2, -0.15) is 0 Å². The highest BCUT2D eigenvalue weighted by molar-refractivity contribution is 7.98. The standard InChI is InChI=1S/C12H12ClN3S/c1-14-11-6-9(4-5-15-11)8-17-12-3-2-10(13)7-16-12/h2-7H,8H2,1H3,(H,14,15). The second-order valence-electron chi connectivity index (χ2n) is 3.40. The molecule has 0 spiro atoms. The number of nitrogens with one attached hydrogen (secondary N) is 1. The molecule has 0 radical (unpaired) electrons. The number of pyridine rings is 2. The van der Waals surface area contributed by atoms with Gasteiger partial charge in [0.25, 0.3) is 0 Å². The van der Waals surface area contributed by atoms with E-state index in [0.29, 0.717) is 5.02 Å². The lowest BCUT2D eigenvalue weighted by Crippen LogP contribution is -1.92. The maximum absolute atomic E-state index is 5.78. The van der Waals surface area contributed by atoms with E-state index in [1.807, 2.05) is 31.3 Å². The van der Waals surface area contributed by atoms with E-state index in [1.165, 1.54) is 5.56 Å². The molecule has 0 saturated carbocycles.